The number of fused-ring (bicyclic) bond motifs is 3. The third kappa shape index (κ3) is 3.82. The summed E-state index contributed by atoms with van der Waals surface area (Å²) < 4.78 is 12.3. The topological polar surface area (TPSA) is 106 Å². The second-order valence-electron chi connectivity index (χ2n) is 8.61. The van der Waals surface area contributed by atoms with Crippen LogP contribution in [0.5, 0.6) is 0 Å². The Labute approximate surface area is 240 Å². The molecule has 0 bridgehead atoms. The van der Waals surface area contributed by atoms with Crippen LogP contribution in [0.1, 0.15) is 4.88 Å². The van der Waals surface area contributed by atoms with Crippen molar-refractivity contribution in [2.45, 2.75) is 0 Å². The Morgan fingerprint density at radius 3 is 2.05 bits per heavy atom. The molecule has 0 atom stereocenters. The van der Waals surface area contributed by atoms with Crippen LogP contribution in [0.25, 0.3) is 79.0 Å². The highest BCUT2D eigenvalue weighted by atomic mass is 32.1. The predicted octanol–water partition coefficient (Wildman–Crippen LogP) is 9.25. The molecule has 0 aliphatic carbocycles. The Bertz CT molecular complexity index is 2100. The molecular weight excluding hydrogens is 581 g/mol. The summed E-state index contributed by atoms with van der Waals surface area (Å²) in [6.45, 7) is 7.14. The number of thiophene rings is 2. The molecule has 0 unspecified atom stereocenters. The molecule has 8 nitrogen and oxygen atoms in total. The number of hydrogen-bond donors (Lipinski definition) is 0. The first-order valence-corrected chi connectivity index (χ1v) is 15.0. The molecule has 0 radical (unpaired) electrons. The van der Waals surface area contributed by atoms with Crippen molar-refractivity contribution in [2.24, 2.45) is 0 Å². The van der Waals surface area contributed by atoms with E-state index in [0.29, 0.717) is 33.0 Å². The summed E-state index contributed by atoms with van der Waals surface area (Å²) in [4.78, 5) is 26.8. The molecule has 8 aromatic rings. The zero-order valence-electron chi connectivity index (χ0n) is 19.9. The normalized spacial score (nSPS) is 11.4. The average Bonchev–Trinajstić information content (AvgIpc) is 3.81. The Hall–Kier alpha value is -4.72. The van der Waals surface area contributed by atoms with Gasteiger partial charge in [-0.15, -0.1) is 50.3 Å². The average molecular weight is 591 g/mol. The highest BCUT2D eigenvalue weighted by Crippen LogP contribution is 2.40. The van der Waals surface area contributed by atoms with Crippen LogP contribution in [0.15, 0.2) is 69.8 Å². The summed E-state index contributed by atoms with van der Waals surface area (Å²) in [5.74, 6) is 1.06. The number of nitrogens with zero attached hydrogens (tertiary/aromatic N) is 6. The van der Waals surface area contributed by atoms with Gasteiger partial charge in [0.15, 0.2) is 11.2 Å². The van der Waals surface area contributed by atoms with Crippen molar-refractivity contribution in [1.82, 2.24) is 19.9 Å². The van der Waals surface area contributed by atoms with Gasteiger partial charge < -0.3 is 13.7 Å². The maximum Gasteiger partial charge on any atom is 0.329 e. The van der Waals surface area contributed by atoms with Gasteiger partial charge >= 0.3 is 5.13 Å². The fourth-order valence-corrected chi connectivity index (χ4v) is 7.74. The number of nitriles is 1. The van der Waals surface area contributed by atoms with Crippen molar-refractivity contribution in [3.8, 4) is 47.2 Å². The molecule has 12 heteroatoms. The maximum absolute atomic E-state index is 9.10. The summed E-state index contributed by atoms with van der Waals surface area (Å²) in [6.07, 6.45) is 3.48. The number of oxazole rings is 2. The summed E-state index contributed by atoms with van der Waals surface area (Å²) in [6, 6.07) is 17.8. The highest BCUT2D eigenvalue weighted by Gasteiger charge is 2.17. The molecule has 0 spiro atoms. The van der Waals surface area contributed by atoms with Crippen molar-refractivity contribution in [3.05, 3.63) is 77.2 Å². The fourth-order valence-electron chi connectivity index (χ4n) is 4.32. The minimum atomic E-state index is 0.427. The second-order valence-corrected chi connectivity index (χ2v) is 12.8. The number of hydrogen-bond acceptors (Lipinski definition) is 11. The smallest absolute Gasteiger partial charge is 0.329 e. The molecule has 40 heavy (non-hydrogen) atoms. The van der Waals surface area contributed by atoms with E-state index in [9.17, 15) is 0 Å². The Balaban J connectivity index is 1.13. The van der Waals surface area contributed by atoms with Crippen molar-refractivity contribution >= 4 is 83.5 Å². The molecule has 0 amide bonds. The Kier molecular flexibility index (Phi) is 5.17. The standard InChI is InChI=1S/C28H10N6O2S4/c1-30-28-32-11-23(40-28)20-4-5-21(38-20)25-33-16-6-13-9-19-17(7-14(13)8-18(16)35-25)34-26(36-19)24-12-31-27(39-24)22-3-2-15(10-29)37-22/h2-9,11-12H. The van der Waals surface area contributed by atoms with Crippen LogP contribution in [-0.4, -0.2) is 19.9 Å². The van der Waals surface area contributed by atoms with Gasteiger partial charge in [0.2, 0.25) is 11.8 Å². The first kappa shape index (κ1) is 23.2. The first-order valence-electron chi connectivity index (χ1n) is 11.7. The van der Waals surface area contributed by atoms with Gasteiger partial charge in [-0.25, -0.2) is 15.0 Å². The molecule has 2 aromatic carbocycles. The van der Waals surface area contributed by atoms with Gasteiger partial charge in [-0.1, -0.05) is 6.57 Å². The van der Waals surface area contributed by atoms with Gasteiger partial charge in [-0.05, 0) is 59.3 Å². The second kappa shape index (κ2) is 8.91. The minimum Gasteiger partial charge on any atom is -0.435 e. The zero-order valence-corrected chi connectivity index (χ0v) is 23.2. The lowest BCUT2D eigenvalue weighted by molar-refractivity contribution is 0.621. The minimum absolute atomic E-state index is 0.427. The van der Waals surface area contributed by atoms with Crippen LogP contribution < -0.4 is 0 Å². The van der Waals surface area contributed by atoms with Gasteiger partial charge in [-0.2, -0.15) is 5.26 Å². The van der Waals surface area contributed by atoms with Gasteiger partial charge in [-0.3, -0.25) is 0 Å². The van der Waals surface area contributed by atoms with Crippen molar-refractivity contribution in [3.63, 3.8) is 0 Å². The lowest BCUT2D eigenvalue weighted by atomic mass is 10.1. The molecule has 0 fully saturated rings. The van der Waals surface area contributed by atoms with E-state index in [0.717, 1.165) is 51.2 Å². The first-order chi connectivity index (χ1) is 19.6. The molecule has 0 saturated carbocycles. The lowest BCUT2D eigenvalue weighted by Crippen LogP contribution is -1.76. The third-order valence-electron chi connectivity index (χ3n) is 6.15. The van der Waals surface area contributed by atoms with Gasteiger partial charge in [0.05, 0.1) is 20.8 Å². The SMILES string of the molecule is [C-]#[N+]c1ncc(-c2ccc(-c3nc4cc5cc6oc(-c7cnc(-c8ccc(C#N)s8)s7)nc6cc5cc4o3)s2)s1. The van der Waals surface area contributed by atoms with Gasteiger partial charge in [0.25, 0.3) is 0 Å². The highest BCUT2D eigenvalue weighted by molar-refractivity contribution is 7.25. The zero-order chi connectivity index (χ0) is 26.8. The summed E-state index contributed by atoms with van der Waals surface area (Å²) in [7, 11) is 0. The van der Waals surface area contributed by atoms with E-state index in [1.54, 1.807) is 29.8 Å². The van der Waals surface area contributed by atoms with Crippen LogP contribution in [0.4, 0.5) is 5.13 Å². The van der Waals surface area contributed by atoms with E-state index in [4.69, 9.17) is 30.6 Å². The van der Waals surface area contributed by atoms with Crippen LogP contribution in [0.2, 0.25) is 0 Å². The van der Waals surface area contributed by atoms with E-state index in [2.05, 4.69) is 20.9 Å². The van der Waals surface area contributed by atoms with E-state index in [1.165, 1.54) is 34.0 Å². The van der Waals surface area contributed by atoms with E-state index in [-0.39, 0.29) is 0 Å². The van der Waals surface area contributed by atoms with Gasteiger partial charge in [0.1, 0.15) is 38.1 Å². The van der Waals surface area contributed by atoms with Gasteiger partial charge in [0, 0.05) is 4.88 Å². The monoisotopic (exact) mass is 590 g/mol. The summed E-state index contributed by atoms with van der Waals surface area (Å²) >= 11 is 5.82. The molecule has 6 heterocycles. The summed E-state index contributed by atoms with van der Waals surface area (Å²) in [5.41, 5.74) is 2.86. The largest absolute Gasteiger partial charge is 0.435 e. The van der Waals surface area contributed by atoms with Crippen molar-refractivity contribution in [1.29, 1.82) is 5.26 Å². The fraction of sp³-hybridized carbons (Fsp3) is 0. The maximum atomic E-state index is 9.10. The molecule has 0 aliphatic heterocycles. The van der Waals surface area contributed by atoms with Crippen molar-refractivity contribution in [2.75, 3.05) is 0 Å². The molecule has 8 rings (SSSR count). The number of aromatic nitrogens is 4. The predicted molar refractivity (Wildman–Crippen MR) is 159 cm³/mol. The van der Waals surface area contributed by atoms with Crippen LogP contribution >= 0.6 is 45.3 Å². The van der Waals surface area contributed by atoms with Crippen molar-refractivity contribution < 1.29 is 8.83 Å². The van der Waals surface area contributed by atoms with E-state index < -0.39 is 0 Å². The molecular formula is C28H10N6O2S4. The Morgan fingerprint density at radius 1 is 0.700 bits per heavy atom. The van der Waals surface area contributed by atoms with Crippen LogP contribution in [-0.2, 0) is 0 Å². The molecule has 0 N–H and O–H groups in total. The third-order valence-corrected chi connectivity index (χ3v) is 10.5. The quantitative estimate of drug-likeness (QED) is 0.188. The molecule has 188 valence electrons. The number of benzene rings is 2. The van der Waals surface area contributed by atoms with E-state index >= 15 is 0 Å². The Morgan fingerprint density at radius 2 is 1.38 bits per heavy atom. The van der Waals surface area contributed by atoms with Crippen LogP contribution in [0, 0.1) is 17.9 Å². The summed E-state index contributed by atoms with van der Waals surface area (Å²) in [5, 5.41) is 12.3. The number of thiazole rings is 2. The lowest BCUT2D eigenvalue weighted by Gasteiger charge is -1.96. The number of rotatable bonds is 4. The van der Waals surface area contributed by atoms with E-state index in [1.807, 2.05) is 42.5 Å². The van der Waals surface area contributed by atoms with Crippen LogP contribution in [0.3, 0.4) is 0 Å². The molecule has 0 aliphatic rings. The molecule has 0 saturated heterocycles. The molecule has 6 aromatic heterocycles.